The minimum Gasteiger partial charge on any atom is -0.385 e. The Morgan fingerprint density at radius 2 is 2.15 bits per heavy atom. The lowest BCUT2D eigenvalue weighted by atomic mass is 9.65. The van der Waals surface area contributed by atoms with Crippen LogP contribution in [-0.2, 0) is 0 Å². The lowest BCUT2D eigenvalue weighted by Gasteiger charge is -2.53. The molecule has 0 radical (unpaired) electrons. The van der Waals surface area contributed by atoms with Gasteiger partial charge in [0.1, 0.15) is 5.60 Å². The summed E-state index contributed by atoms with van der Waals surface area (Å²) in [5.41, 5.74) is 5.35. The van der Waals surface area contributed by atoms with Gasteiger partial charge in [0.15, 0.2) is 0 Å². The molecule has 2 aliphatic rings. The monoisotopic (exact) mass is 184 g/mol. The van der Waals surface area contributed by atoms with Crippen LogP contribution in [0.2, 0.25) is 0 Å². The summed E-state index contributed by atoms with van der Waals surface area (Å²) in [6.07, 6.45) is 4.39. The van der Waals surface area contributed by atoms with Crippen molar-refractivity contribution in [2.24, 2.45) is 11.7 Å². The Bertz CT molecular complexity index is 203. The molecule has 2 unspecified atom stereocenters. The fourth-order valence-electron chi connectivity index (χ4n) is 2.73. The third-order valence-electron chi connectivity index (χ3n) is 3.79. The lowest BCUT2D eigenvalue weighted by Crippen LogP contribution is -2.76. The zero-order valence-corrected chi connectivity index (χ0v) is 8.34. The number of aliphatic hydroxyl groups is 1. The first kappa shape index (κ1) is 9.44. The van der Waals surface area contributed by atoms with Gasteiger partial charge < -0.3 is 16.2 Å². The zero-order chi connectivity index (χ0) is 9.53. The minimum absolute atomic E-state index is 0.323. The van der Waals surface area contributed by atoms with Gasteiger partial charge in [-0.15, -0.1) is 0 Å². The summed E-state index contributed by atoms with van der Waals surface area (Å²) >= 11 is 0. The molecule has 13 heavy (non-hydrogen) atoms. The van der Waals surface area contributed by atoms with Crippen LogP contribution in [0.5, 0.6) is 0 Å². The SMILES string of the molecule is CC1CCCC(N)(C2(O)CNC2)C1. The van der Waals surface area contributed by atoms with E-state index in [1.807, 2.05) is 0 Å². The van der Waals surface area contributed by atoms with E-state index in [1.54, 1.807) is 0 Å². The quantitative estimate of drug-likeness (QED) is 0.546. The fourth-order valence-corrected chi connectivity index (χ4v) is 2.73. The van der Waals surface area contributed by atoms with Crippen LogP contribution in [0.4, 0.5) is 0 Å². The van der Waals surface area contributed by atoms with E-state index in [2.05, 4.69) is 12.2 Å². The number of β-amino-alcohol motifs (C(OH)–C–C–N with tert-alkyl or cyclic N) is 1. The summed E-state index contributed by atoms with van der Waals surface area (Å²) in [7, 11) is 0. The van der Waals surface area contributed by atoms with Crippen molar-refractivity contribution in [2.75, 3.05) is 13.1 Å². The highest BCUT2D eigenvalue weighted by atomic mass is 16.3. The smallest absolute Gasteiger partial charge is 0.107 e. The average Bonchev–Trinajstić information content (AvgIpc) is 1.99. The van der Waals surface area contributed by atoms with Crippen molar-refractivity contribution in [1.82, 2.24) is 5.32 Å². The molecule has 0 aromatic heterocycles. The lowest BCUT2D eigenvalue weighted by molar-refractivity contribution is -0.0944. The Hall–Kier alpha value is -0.120. The number of nitrogens with one attached hydrogen (secondary N) is 1. The van der Waals surface area contributed by atoms with E-state index in [1.165, 1.54) is 12.8 Å². The summed E-state index contributed by atoms with van der Waals surface area (Å²) in [5, 5.41) is 13.3. The minimum atomic E-state index is -0.623. The van der Waals surface area contributed by atoms with Crippen molar-refractivity contribution in [3.05, 3.63) is 0 Å². The molecule has 2 atom stereocenters. The van der Waals surface area contributed by atoms with E-state index in [0.717, 1.165) is 12.8 Å². The van der Waals surface area contributed by atoms with Gasteiger partial charge in [-0.25, -0.2) is 0 Å². The van der Waals surface area contributed by atoms with Crippen LogP contribution in [0.3, 0.4) is 0 Å². The topological polar surface area (TPSA) is 58.3 Å². The van der Waals surface area contributed by atoms with Gasteiger partial charge in [0.2, 0.25) is 0 Å². The number of rotatable bonds is 1. The van der Waals surface area contributed by atoms with E-state index >= 15 is 0 Å². The molecule has 0 aromatic carbocycles. The predicted molar refractivity (Wildman–Crippen MR) is 52.4 cm³/mol. The maximum Gasteiger partial charge on any atom is 0.107 e. The molecule has 1 aliphatic heterocycles. The van der Waals surface area contributed by atoms with Gasteiger partial charge in [-0.3, -0.25) is 0 Å². The summed E-state index contributed by atoms with van der Waals surface area (Å²) in [5.74, 6) is 0.670. The van der Waals surface area contributed by atoms with Crippen LogP contribution in [0.25, 0.3) is 0 Å². The second-order valence-electron chi connectivity index (χ2n) is 4.99. The molecule has 4 N–H and O–H groups in total. The molecule has 3 heteroatoms. The van der Waals surface area contributed by atoms with Gasteiger partial charge in [0, 0.05) is 18.6 Å². The van der Waals surface area contributed by atoms with Crippen molar-refractivity contribution in [2.45, 2.75) is 43.7 Å². The van der Waals surface area contributed by atoms with Crippen LogP contribution in [0.1, 0.15) is 32.6 Å². The first-order valence-electron chi connectivity index (χ1n) is 5.28. The maximum atomic E-state index is 10.2. The van der Waals surface area contributed by atoms with Crippen molar-refractivity contribution in [3.63, 3.8) is 0 Å². The largest absolute Gasteiger partial charge is 0.385 e. The van der Waals surface area contributed by atoms with Crippen LogP contribution in [0.15, 0.2) is 0 Å². The normalized spacial score (nSPS) is 44.1. The highest BCUT2D eigenvalue weighted by Gasteiger charge is 2.52. The van der Waals surface area contributed by atoms with Crippen molar-refractivity contribution >= 4 is 0 Å². The molecule has 0 spiro atoms. The summed E-state index contributed by atoms with van der Waals surface area (Å²) in [4.78, 5) is 0. The van der Waals surface area contributed by atoms with E-state index in [4.69, 9.17) is 5.73 Å². The molecule has 2 fully saturated rings. The Balaban J connectivity index is 2.09. The molecule has 2 rings (SSSR count). The summed E-state index contributed by atoms with van der Waals surface area (Å²) in [6.45, 7) is 3.59. The van der Waals surface area contributed by atoms with Crippen LogP contribution in [0, 0.1) is 5.92 Å². The number of hydrogen-bond acceptors (Lipinski definition) is 3. The summed E-state index contributed by atoms with van der Waals surface area (Å²) < 4.78 is 0. The van der Waals surface area contributed by atoms with Crippen molar-refractivity contribution in [3.8, 4) is 0 Å². The summed E-state index contributed by atoms with van der Waals surface area (Å²) in [6, 6.07) is 0. The molecule has 76 valence electrons. The van der Waals surface area contributed by atoms with E-state index < -0.39 is 5.60 Å². The van der Waals surface area contributed by atoms with Crippen LogP contribution in [-0.4, -0.2) is 29.3 Å². The highest BCUT2D eigenvalue weighted by Crippen LogP contribution is 2.39. The predicted octanol–water partition coefficient (Wildman–Crippen LogP) is 0.228. The molecule has 0 bridgehead atoms. The van der Waals surface area contributed by atoms with Crippen molar-refractivity contribution < 1.29 is 5.11 Å². The molecule has 1 heterocycles. The third-order valence-corrected chi connectivity index (χ3v) is 3.79. The van der Waals surface area contributed by atoms with Crippen molar-refractivity contribution in [1.29, 1.82) is 0 Å². The van der Waals surface area contributed by atoms with Gasteiger partial charge in [0.05, 0.1) is 0 Å². The maximum absolute atomic E-state index is 10.2. The Morgan fingerprint density at radius 3 is 2.62 bits per heavy atom. The molecule has 0 aromatic rings. The highest BCUT2D eigenvalue weighted by molar-refractivity contribution is 5.12. The molecule has 1 aliphatic carbocycles. The molecule has 0 amide bonds. The molecular weight excluding hydrogens is 164 g/mol. The molecular formula is C10H20N2O. The van der Waals surface area contributed by atoms with Crippen LogP contribution < -0.4 is 11.1 Å². The van der Waals surface area contributed by atoms with E-state index in [-0.39, 0.29) is 5.54 Å². The van der Waals surface area contributed by atoms with Crippen LogP contribution >= 0.6 is 0 Å². The van der Waals surface area contributed by atoms with E-state index in [9.17, 15) is 5.11 Å². The fraction of sp³-hybridized carbons (Fsp3) is 1.00. The first-order chi connectivity index (χ1) is 6.06. The molecule has 3 nitrogen and oxygen atoms in total. The Morgan fingerprint density at radius 1 is 1.46 bits per heavy atom. The second-order valence-corrected chi connectivity index (χ2v) is 4.99. The van der Waals surface area contributed by atoms with E-state index in [0.29, 0.717) is 19.0 Å². The standard InChI is InChI=1S/C10H20N2O/c1-8-3-2-4-9(11,5-8)10(13)6-12-7-10/h8,12-13H,2-7,11H2,1H3. The first-order valence-corrected chi connectivity index (χ1v) is 5.28. The second kappa shape index (κ2) is 2.94. The van der Waals surface area contributed by atoms with Gasteiger partial charge >= 0.3 is 0 Å². The van der Waals surface area contributed by atoms with Gasteiger partial charge in [-0.05, 0) is 18.8 Å². The van der Waals surface area contributed by atoms with Gasteiger partial charge in [-0.1, -0.05) is 19.8 Å². The number of hydrogen-bond donors (Lipinski definition) is 3. The zero-order valence-electron chi connectivity index (χ0n) is 8.34. The molecule has 1 saturated heterocycles. The van der Waals surface area contributed by atoms with Gasteiger partial charge in [-0.2, -0.15) is 0 Å². The van der Waals surface area contributed by atoms with Gasteiger partial charge in [0.25, 0.3) is 0 Å². The molecule has 1 saturated carbocycles. The Kier molecular flexibility index (Phi) is 2.13. The third kappa shape index (κ3) is 1.39. The average molecular weight is 184 g/mol. The Labute approximate surface area is 79.7 Å². The number of nitrogens with two attached hydrogens (primary N) is 1.